The number of ether oxygens (including phenoxy) is 1. The maximum atomic E-state index is 13.8. The van der Waals surface area contributed by atoms with Crippen molar-refractivity contribution >= 4 is 22.9 Å². The van der Waals surface area contributed by atoms with Gasteiger partial charge in [0.25, 0.3) is 11.5 Å². The van der Waals surface area contributed by atoms with E-state index in [0.29, 0.717) is 25.2 Å². The van der Waals surface area contributed by atoms with Crippen molar-refractivity contribution < 1.29 is 14.3 Å². The summed E-state index contributed by atoms with van der Waals surface area (Å²) in [4.78, 5) is 61.9. The van der Waals surface area contributed by atoms with Crippen molar-refractivity contribution in [1.82, 2.24) is 24.3 Å². The number of aromatic nitrogens is 3. The number of nitrogens with one attached hydrogen (secondary N) is 1. The first-order valence-electron chi connectivity index (χ1n) is 11.6. The largest absolute Gasteiger partial charge is 0.459 e. The van der Waals surface area contributed by atoms with E-state index in [0.717, 1.165) is 0 Å². The summed E-state index contributed by atoms with van der Waals surface area (Å²) >= 11 is 0. The van der Waals surface area contributed by atoms with Crippen LogP contribution < -0.4 is 11.2 Å². The summed E-state index contributed by atoms with van der Waals surface area (Å²) in [7, 11) is 3.73. The van der Waals surface area contributed by atoms with Crippen molar-refractivity contribution in [2.24, 2.45) is 0 Å². The number of aryl methyl sites for hydroxylation is 1. The maximum absolute atomic E-state index is 13.8. The molecule has 34 heavy (non-hydrogen) atoms. The lowest BCUT2D eigenvalue weighted by Gasteiger charge is -2.27. The highest BCUT2D eigenvalue weighted by atomic mass is 16.6. The number of H-pyrrole nitrogens is 1. The maximum Gasteiger partial charge on any atom is 0.329 e. The van der Waals surface area contributed by atoms with E-state index in [9.17, 15) is 19.2 Å². The summed E-state index contributed by atoms with van der Waals surface area (Å²) in [6.07, 6.45) is 0.644. The van der Waals surface area contributed by atoms with Crippen LogP contribution in [0.4, 0.5) is 0 Å². The lowest BCUT2D eigenvalue weighted by Crippen LogP contribution is -2.42. The fraction of sp³-hybridized carbons (Fsp3) is 0.625. The molecule has 0 saturated carbocycles. The Morgan fingerprint density at radius 2 is 1.82 bits per heavy atom. The number of hydrogen-bond donors (Lipinski definition) is 1. The minimum absolute atomic E-state index is 0.0430. The quantitative estimate of drug-likeness (QED) is 0.551. The van der Waals surface area contributed by atoms with E-state index in [1.165, 1.54) is 9.47 Å². The van der Waals surface area contributed by atoms with E-state index in [1.807, 2.05) is 39.8 Å². The Balaban J connectivity index is 2.70. The van der Waals surface area contributed by atoms with Gasteiger partial charge in [-0.15, -0.1) is 0 Å². The van der Waals surface area contributed by atoms with Crippen molar-refractivity contribution in [2.45, 2.75) is 66.0 Å². The Hall–Kier alpha value is -3.01. The number of aromatic amines is 1. The van der Waals surface area contributed by atoms with E-state index < -0.39 is 28.7 Å². The number of carbonyl (C=O) groups excluding carboxylic acids is 2. The van der Waals surface area contributed by atoms with Crippen molar-refractivity contribution in [1.29, 1.82) is 0 Å². The van der Waals surface area contributed by atoms with E-state index in [-0.39, 0.29) is 35.6 Å². The molecule has 2 aromatic rings. The molecule has 0 saturated heterocycles. The number of amides is 1. The first-order chi connectivity index (χ1) is 15.7. The first kappa shape index (κ1) is 27.2. The number of pyridine rings is 1. The topological polar surface area (TPSA) is 118 Å². The summed E-state index contributed by atoms with van der Waals surface area (Å²) in [6, 6.07) is 1.59. The van der Waals surface area contributed by atoms with Crippen LogP contribution in [-0.2, 0) is 16.1 Å². The molecule has 10 heteroatoms. The number of fused-ring (bicyclic) bond motifs is 1. The zero-order valence-electron chi connectivity index (χ0n) is 21.5. The third-order valence-corrected chi connectivity index (χ3v) is 5.08. The van der Waals surface area contributed by atoms with Gasteiger partial charge in [-0.2, -0.15) is 0 Å². The van der Waals surface area contributed by atoms with Gasteiger partial charge in [-0.3, -0.25) is 23.9 Å². The smallest absolute Gasteiger partial charge is 0.329 e. The molecule has 1 amide bonds. The molecule has 2 aromatic heterocycles. The van der Waals surface area contributed by atoms with Gasteiger partial charge in [0.15, 0.2) is 5.65 Å². The molecule has 0 fully saturated rings. The standard InChI is InChI=1S/C24H37N5O5/c1-9-10-29-20-19(21(31)26-23(29)33)16(13-17(25-20)15(2)3)22(32)28(12-11-27(7)8)14-18(30)34-24(4,5)6/h13,15H,9-12,14H2,1-8H3,(H,26,31,33). The van der Waals surface area contributed by atoms with Crippen molar-refractivity contribution in [2.75, 3.05) is 33.7 Å². The Morgan fingerprint density at radius 1 is 1.18 bits per heavy atom. The Bertz CT molecular complexity index is 1160. The number of nitrogens with zero attached hydrogens (tertiary/aromatic N) is 4. The number of likely N-dealkylation sites (N-methyl/N-ethyl adjacent to an activating group) is 1. The van der Waals surface area contributed by atoms with Gasteiger partial charge in [0.1, 0.15) is 12.1 Å². The molecule has 2 heterocycles. The van der Waals surface area contributed by atoms with Crippen LogP contribution in [0, 0.1) is 0 Å². The summed E-state index contributed by atoms with van der Waals surface area (Å²) in [6.45, 7) is 11.9. The second kappa shape index (κ2) is 10.9. The normalized spacial score (nSPS) is 11.9. The monoisotopic (exact) mass is 475 g/mol. The Labute approximate surface area is 199 Å². The van der Waals surface area contributed by atoms with Crippen LogP contribution in [-0.4, -0.2) is 75.5 Å². The molecule has 0 aliphatic rings. The predicted molar refractivity (Wildman–Crippen MR) is 131 cm³/mol. The minimum Gasteiger partial charge on any atom is -0.459 e. The lowest BCUT2D eigenvalue weighted by atomic mass is 10.0. The van der Waals surface area contributed by atoms with Crippen LogP contribution in [0.5, 0.6) is 0 Å². The summed E-state index contributed by atoms with van der Waals surface area (Å²) in [5.41, 5.74) is -1.07. The Kier molecular flexibility index (Phi) is 8.77. The van der Waals surface area contributed by atoms with Gasteiger partial charge in [0.05, 0.1) is 10.9 Å². The summed E-state index contributed by atoms with van der Waals surface area (Å²) in [5.74, 6) is -1.09. The second-order valence-corrected chi connectivity index (χ2v) is 9.98. The van der Waals surface area contributed by atoms with Gasteiger partial charge in [-0.1, -0.05) is 20.8 Å². The van der Waals surface area contributed by atoms with E-state index in [2.05, 4.69) is 9.97 Å². The van der Waals surface area contributed by atoms with Crippen LogP contribution >= 0.6 is 0 Å². The van der Waals surface area contributed by atoms with Crippen molar-refractivity contribution in [3.8, 4) is 0 Å². The average molecular weight is 476 g/mol. The molecule has 0 bridgehead atoms. The number of carbonyl (C=O) groups is 2. The molecule has 188 valence electrons. The zero-order valence-corrected chi connectivity index (χ0v) is 21.5. The highest BCUT2D eigenvalue weighted by molar-refractivity contribution is 6.06. The third-order valence-electron chi connectivity index (χ3n) is 5.08. The van der Waals surface area contributed by atoms with Gasteiger partial charge in [-0.05, 0) is 53.3 Å². The predicted octanol–water partition coefficient (Wildman–Crippen LogP) is 1.96. The zero-order chi connectivity index (χ0) is 25.8. The number of hydrogen-bond acceptors (Lipinski definition) is 7. The van der Waals surface area contributed by atoms with Gasteiger partial charge < -0.3 is 14.5 Å². The molecule has 0 aliphatic carbocycles. The van der Waals surface area contributed by atoms with E-state index >= 15 is 0 Å². The van der Waals surface area contributed by atoms with Crippen LogP contribution in [0.25, 0.3) is 11.0 Å². The number of esters is 1. The molecular weight excluding hydrogens is 438 g/mol. The van der Waals surface area contributed by atoms with Gasteiger partial charge in [0, 0.05) is 25.3 Å². The molecule has 0 aliphatic heterocycles. The highest BCUT2D eigenvalue weighted by Crippen LogP contribution is 2.21. The molecule has 0 unspecified atom stereocenters. The van der Waals surface area contributed by atoms with Crippen LogP contribution in [0.15, 0.2) is 15.7 Å². The van der Waals surface area contributed by atoms with Crippen molar-refractivity contribution in [3.63, 3.8) is 0 Å². The third kappa shape index (κ3) is 6.75. The van der Waals surface area contributed by atoms with Crippen molar-refractivity contribution in [3.05, 3.63) is 38.2 Å². The molecule has 0 spiro atoms. The van der Waals surface area contributed by atoms with E-state index in [4.69, 9.17) is 4.74 Å². The van der Waals surface area contributed by atoms with Gasteiger partial charge >= 0.3 is 11.7 Å². The van der Waals surface area contributed by atoms with Gasteiger partial charge in [0.2, 0.25) is 0 Å². The number of rotatable bonds is 9. The molecule has 0 atom stereocenters. The second-order valence-electron chi connectivity index (χ2n) is 9.98. The molecular formula is C24H37N5O5. The lowest BCUT2D eigenvalue weighted by molar-refractivity contribution is -0.155. The van der Waals surface area contributed by atoms with Gasteiger partial charge in [-0.25, -0.2) is 9.78 Å². The van der Waals surface area contributed by atoms with E-state index in [1.54, 1.807) is 26.8 Å². The molecule has 0 radical (unpaired) electrons. The molecule has 10 nitrogen and oxygen atoms in total. The van der Waals surface area contributed by atoms with Crippen LogP contribution in [0.1, 0.15) is 69.9 Å². The highest BCUT2D eigenvalue weighted by Gasteiger charge is 2.27. The molecule has 1 N–H and O–H groups in total. The average Bonchev–Trinajstić information content (AvgIpc) is 2.71. The fourth-order valence-corrected chi connectivity index (χ4v) is 3.46. The fourth-order valence-electron chi connectivity index (χ4n) is 3.46. The summed E-state index contributed by atoms with van der Waals surface area (Å²) < 4.78 is 6.82. The Morgan fingerprint density at radius 3 is 2.35 bits per heavy atom. The summed E-state index contributed by atoms with van der Waals surface area (Å²) in [5, 5.41) is 0.0430. The first-order valence-corrected chi connectivity index (χ1v) is 11.6. The van der Waals surface area contributed by atoms with Crippen LogP contribution in [0.2, 0.25) is 0 Å². The minimum atomic E-state index is -0.700. The van der Waals surface area contributed by atoms with Crippen LogP contribution in [0.3, 0.4) is 0 Å². The molecule has 2 rings (SSSR count). The SMILES string of the molecule is CCCn1c(=O)[nH]c(=O)c2c(C(=O)N(CCN(C)C)CC(=O)OC(C)(C)C)cc(C(C)C)nc21. The molecule has 0 aromatic carbocycles.